The molecule has 18 heavy (non-hydrogen) atoms. The Kier molecular flexibility index (Phi) is 4.33. The molecule has 0 radical (unpaired) electrons. The Morgan fingerprint density at radius 2 is 2.28 bits per heavy atom. The van der Waals surface area contributed by atoms with Crippen LogP contribution in [0.5, 0.6) is 0 Å². The lowest BCUT2D eigenvalue weighted by Gasteiger charge is -2.15. The Balaban J connectivity index is 1.67. The van der Waals surface area contributed by atoms with Gasteiger partial charge in [0.1, 0.15) is 0 Å². The fourth-order valence-electron chi connectivity index (χ4n) is 1.61. The van der Waals surface area contributed by atoms with Gasteiger partial charge in [-0.15, -0.1) is 0 Å². The van der Waals surface area contributed by atoms with Crippen molar-refractivity contribution in [1.29, 1.82) is 0 Å². The Hall–Kier alpha value is -1.40. The Morgan fingerprint density at radius 1 is 1.50 bits per heavy atom. The highest BCUT2D eigenvalue weighted by Gasteiger charge is 2.23. The molecule has 1 saturated carbocycles. The number of carbonyl (C=O) groups is 2. The van der Waals surface area contributed by atoms with E-state index in [0.717, 1.165) is 12.8 Å². The largest absolute Gasteiger partial charge is 0.335 e. The lowest BCUT2D eigenvalue weighted by molar-refractivity contribution is -0.120. The van der Waals surface area contributed by atoms with E-state index < -0.39 is 0 Å². The van der Waals surface area contributed by atoms with Crippen LogP contribution in [0.3, 0.4) is 0 Å². The molecule has 1 aromatic heterocycles. The van der Waals surface area contributed by atoms with E-state index in [-0.39, 0.29) is 24.5 Å². The van der Waals surface area contributed by atoms with Crippen molar-refractivity contribution in [3.8, 4) is 0 Å². The van der Waals surface area contributed by atoms with Crippen molar-refractivity contribution in [2.75, 3.05) is 13.6 Å². The average molecular weight is 267 g/mol. The molecule has 1 aliphatic rings. The third-order valence-electron chi connectivity index (χ3n) is 2.61. The number of imide groups is 1. The zero-order chi connectivity index (χ0) is 13.0. The number of nitrogens with zero attached hydrogens (tertiary/aromatic N) is 1. The first-order valence-electron chi connectivity index (χ1n) is 5.93. The molecule has 0 saturated heterocycles. The van der Waals surface area contributed by atoms with E-state index in [0.29, 0.717) is 6.54 Å². The van der Waals surface area contributed by atoms with Gasteiger partial charge >= 0.3 is 6.03 Å². The minimum absolute atomic E-state index is 0.216. The van der Waals surface area contributed by atoms with Crippen LogP contribution in [-0.2, 0) is 11.3 Å². The second kappa shape index (κ2) is 5.97. The van der Waals surface area contributed by atoms with Gasteiger partial charge in [0.2, 0.25) is 5.91 Å². The smallest absolute Gasteiger partial charge is 0.321 e. The molecule has 2 rings (SSSR count). The summed E-state index contributed by atoms with van der Waals surface area (Å²) >= 11 is 1.63. The van der Waals surface area contributed by atoms with Crippen LogP contribution in [0.15, 0.2) is 16.8 Å². The maximum atomic E-state index is 11.6. The van der Waals surface area contributed by atoms with Gasteiger partial charge in [0.25, 0.3) is 0 Å². The Bertz CT molecular complexity index is 415. The van der Waals surface area contributed by atoms with Crippen LogP contribution in [0, 0.1) is 0 Å². The third kappa shape index (κ3) is 4.46. The highest BCUT2D eigenvalue weighted by Crippen LogP contribution is 2.18. The standard InChI is InChI=1S/C12H17N3O2S/c1-15(6-9-4-5-18-8-9)7-11(16)14-12(17)13-10-2-3-10/h4-5,8,10H,2-3,6-7H2,1H3,(H2,13,14,16,17). The number of urea groups is 1. The molecule has 5 nitrogen and oxygen atoms in total. The van der Waals surface area contributed by atoms with E-state index in [1.807, 2.05) is 28.8 Å². The van der Waals surface area contributed by atoms with Gasteiger partial charge in [-0.3, -0.25) is 15.0 Å². The summed E-state index contributed by atoms with van der Waals surface area (Å²) in [7, 11) is 1.86. The first-order chi connectivity index (χ1) is 8.63. The molecule has 6 heteroatoms. The summed E-state index contributed by atoms with van der Waals surface area (Å²) in [5, 5.41) is 9.11. The third-order valence-corrected chi connectivity index (χ3v) is 3.34. The van der Waals surface area contributed by atoms with Gasteiger partial charge in [0.05, 0.1) is 6.54 Å². The van der Waals surface area contributed by atoms with Gasteiger partial charge in [0, 0.05) is 12.6 Å². The minimum Gasteiger partial charge on any atom is -0.335 e. The highest BCUT2D eigenvalue weighted by molar-refractivity contribution is 7.07. The Morgan fingerprint density at radius 3 is 2.89 bits per heavy atom. The van der Waals surface area contributed by atoms with Gasteiger partial charge in [-0.2, -0.15) is 11.3 Å². The fraction of sp³-hybridized carbons (Fsp3) is 0.500. The van der Waals surface area contributed by atoms with E-state index in [2.05, 4.69) is 10.6 Å². The van der Waals surface area contributed by atoms with E-state index in [1.165, 1.54) is 5.56 Å². The van der Waals surface area contributed by atoms with Crippen LogP contribution in [0.1, 0.15) is 18.4 Å². The molecular formula is C12H17N3O2S. The maximum absolute atomic E-state index is 11.6. The van der Waals surface area contributed by atoms with Crippen LogP contribution in [0.4, 0.5) is 4.79 Å². The van der Waals surface area contributed by atoms with E-state index in [4.69, 9.17) is 0 Å². The highest BCUT2D eigenvalue weighted by atomic mass is 32.1. The van der Waals surface area contributed by atoms with Crippen LogP contribution in [0.25, 0.3) is 0 Å². The molecule has 3 amide bonds. The topological polar surface area (TPSA) is 61.4 Å². The molecule has 0 aliphatic heterocycles. The molecule has 1 heterocycles. The summed E-state index contributed by atoms with van der Waals surface area (Å²) in [6.45, 7) is 0.926. The number of hydrogen-bond donors (Lipinski definition) is 2. The molecule has 0 aromatic carbocycles. The molecule has 0 bridgehead atoms. The molecule has 1 aliphatic carbocycles. The quantitative estimate of drug-likeness (QED) is 0.842. The SMILES string of the molecule is CN(CC(=O)NC(=O)NC1CC1)Cc1ccsc1. The number of nitrogens with one attached hydrogen (secondary N) is 2. The number of thiophene rings is 1. The first kappa shape index (κ1) is 13.0. The average Bonchev–Trinajstić information content (AvgIpc) is 2.92. The van der Waals surface area contributed by atoms with Gasteiger partial charge < -0.3 is 5.32 Å². The molecule has 2 N–H and O–H groups in total. The van der Waals surface area contributed by atoms with Crippen molar-refractivity contribution in [2.24, 2.45) is 0 Å². The molecule has 1 fully saturated rings. The molecule has 98 valence electrons. The van der Waals surface area contributed by atoms with Crippen molar-refractivity contribution in [2.45, 2.75) is 25.4 Å². The lowest BCUT2D eigenvalue weighted by Crippen LogP contribution is -2.44. The van der Waals surface area contributed by atoms with E-state index in [1.54, 1.807) is 11.3 Å². The van der Waals surface area contributed by atoms with Crippen molar-refractivity contribution in [3.05, 3.63) is 22.4 Å². The summed E-state index contributed by atoms with van der Waals surface area (Å²) in [4.78, 5) is 24.8. The summed E-state index contributed by atoms with van der Waals surface area (Å²) in [6.07, 6.45) is 2.03. The number of amides is 3. The molecule has 0 atom stereocenters. The molecular weight excluding hydrogens is 250 g/mol. The van der Waals surface area contributed by atoms with E-state index in [9.17, 15) is 9.59 Å². The van der Waals surface area contributed by atoms with Gasteiger partial charge in [-0.25, -0.2) is 4.79 Å². The number of rotatable bonds is 5. The predicted octanol–water partition coefficient (Wildman–Crippen LogP) is 1.17. The normalized spacial score (nSPS) is 14.6. The van der Waals surface area contributed by atoms with Gasteiger partial charge in [0.15, 0.2) is 0 Å². The van der Waals surface area contributed by atoms with Crippen LogP contribution in [0.2, 0.25) is 0 Å². The van der Waals surface area contributed by atoms with Crippen LogP contribution >= 0.6 is 11.3 Å². The minimum atomic E-state index is -0.383. The number of likely N-dealkylation sites (N-methyl/N-ethyl adjacent to an activating group) is 1. The van der Waals surface area contributed by atoms with E-state index >= 15 is 0 Å². The Labute approximate surface area is 110 Å². The number of carbonyl (C=O) groups excluding carboxylic acids is 2. The zero-order valence-corrected chi connectivity index (χ0v) is 11.1. The van der Waals surface area contributed by atoms with Crippen LogP contribution in [-0.4, -0.2) is 36.5 Å². The van der Waals surface area contributed by atoms with Crippen LogP contribution < -0.4 is 10.6 Å². The monoisotopic (exact) mass is 267 g/mol. The van der Waals surface area contributed by atoms with Crippen molar-refractivity contribution in [3.63, 3.8) is 0 Å². The summed E-state index contributed by atoms with van der Waals surface area (Å²) < 4.78 is 0. The lowest BCUT2D eigenvalue weighted by atomic mass is 10.3. The van der Waals surface area contributed by atoms with Gasteiger partial charge in [-0.05, 0) is 42.3 Å². The maximum Gasteiger partial charge on any atom is 0.321 e. The molecule has 0 spiro atoms. The summed E-state index contributed by atoms with van der Waals surface area (Å²) in [5.41, 5.74) is 1.18. The summed E-state index contributed by atoms with van der Waals surface area (Å²) in [6, 6.07) is 1.91. The first-order valence-corrected chi connectivity index (χ1v) is 6.88. The van der Waals surface area contributed by atoms with Crippen molar-refractivity contribution < 1.29 is 9.59 Å². The summed E-state index contributed by atoms with van der Waals surface area (Å²) in [5.74, 6) is -0.272. The number of hydrogen-bond acceptors (Lipinski definition) is 4. The van der Waals surface area contributed by atoms with Gasteiger partial charge in [-0.1, -0.05) is 0 Å². The van der Waals surface area contributed by atoms with Crippen molar-refractivity contribution in [1.82, 2.24) is 15.5 Å². The predicted molar refractivity (Wildman–Crippen MR) is 70.3 cm³/mol. The second-order valence-electron chi connectivity index (χ2n) is 4.60. The second-order valence-corrected chi connectivity index (χ2v) is 5.38. The zero-order valence-electron chi connectivity index (χ0n) is 10.3. The van der Waals surface area contributed by atoms with Crippen molar-refractivity contribution >= 4 is 23.3 Å². The fourth-order valence-corrected chi connectivity index (χ4v) is 2.27. The molecule has 1 aromatic rings. The molecule has 0 unspecified atom stereocenters.